The van der Waals surface area contributed by atoms with Gasteiger partial charge in [-0.15, -0.1) is 0 Å². The molecule has 1 aromatic carbocycles. The van der Waals surface area contributed by atoms with E-state index in [1.165, 1.54) is 23.9 Å². The average molecular weight is 304 g/mol. The number of carbonyl (C=O) groups is 1. The fraction of sp³-hybridized carbons (Fsp3) is 0.286. The smallest absolute Gasteiger partial charge is 0.259 e. The first-order chi connectivity index (χ1) is 10.0. The van der Waals surface area contributed by atoms with Crippen LogP contribution < -0.4 is 5.32 Å². The lowest BCUT2D eigenvalue weighted by Crippen LogP contribution is -2.28. The lowest BCUT2D eigenvalue weighted by Gasteiger charge is -2.09. The minimum absolute atomic E-state index is 0.177. The fourth-order valence-electron chi connectivity index (χ4n) is 2.05. The summed E-state index contributed by atoms with van der Waals surface area (Å²) in [6.07, 6.45) is 0. The van der Waals surface area contributed by atoms with E-state index in [4.69, 9.17) is 0 Å². The van der Waals surface area contributed by atoms with Gasteiger partial charge in [-0.3, -0.25) is 9.79 Å². The number of aryl methyl sites for hydroxylation is 2. The molecule has 1 aliphatic heterocycles. The van der Waals surface area contributed by atoms with E-state index >= 15 is 0 Å². The molecule has 1 aromatic heterocycles. The lowest BCUT2D eigenvalue weighted by molar-refractivity contribution is 0.0979. The average Bonchev–Trinajstić information content (AvgIpc) is 2.92. The third kappa shape index (κ3) is 2.73. The van der Waals surface area contributed by atoms with Gasteiger partial charge in [-0.25, -0.2) is 14.4 Å². The van der Waals surface area contributed by atoms with Crippen LogP contribution in [0.1, 0.15) is 21.7 Å². The van der Waals surface area contributed by atoms with Crippen molar-refractivity contribution in [1.29, 1.82) is 0 Å². The van der Waals surface area contributed by atoms with Gasteiger partial charge in [0, 0.05) is 11.8 Å². The third-order valence-corrected chi connectivity index (χ3v) is 4.09. The normalized spacial score (nSPS) is 14.3. The maximum absolute atomic E-state index is 13.7. The Morgan fingerprint density at radius 1 is 1.29 bits per heavy atom. The zero-order chi connectivity index (χ0) is 15.0. The fourth-order valence-corrected chi connectivity index (χ4v) is 2.77. The Morgan fingerprint density at radius 3 is 2.76 bits per heavy atom. The van der Waals surface area contributed by atoms with Crippen molar-refractivity contribution in [3.8, 4) is 0 Å². The number of rotatable bonds is 1. The molecule has 7 heteroatoms. The van der Waals surface area contributed by atoms with Gasteiger partial charge in [0.2, 0.25) is 0 Å². The number of amidine groups is 1. The van der Waals surface area contributed by atoms with Crippen molar-refractivity contribution in [2.75, 3.05) is 12.3 Å². The lowest BCUT2D eigenvalue weighted by atomic mass is 10.1. The summed E-state index contributed by atoms with van der Waals surface area (Å²) < 4.78 is 13.7. The van der Waals surface area contributed by atoms with Gasteiger partial charge in [0.25, 0.3) is 5.91 Å². The number of thioether (sulfide) groups is 1. The number of fused-ring (bicyclic) bond motifs is 1. The molecule has 0 fully saturated rings. The number of aliphatic imine (C=N–C) groups is 1. The first-order valence-electron chi connectivity index (χ1n) is 6.47. The first-order valence-corrected chi connectivity index (χ1v) is 7.46. The van der Waals surface area contributed by atoms with Crippen LogP contribution >= 0.6 is 11.8 Å². The number of halogens is 1. The largest absolute Gasteiger partial charge is 0.301 e. The molecule has 1 amide bonds. The van der Waals surface area contributed by atoms with Gasteiger partial charge in [-0.05, 0) is 19.9 Å². The highest BCUT2D eigenvalue weighted by Crippen LogP contribution is 2.20. The van der Waals surface area contributed by atoms with E-state index < -0.39 is 11.7 Å². The second-order valence-electron chi connectivity index (χ2n) is 4.70. The molecule has 0 atom stereocenters. The van der Waals surface area contributed by atoms with E-state index in [1.54, 1.807) is 6.92 Å². The van der Waals surface area contributed by atoms with Gasteiger partial charge in [0.15, 0.2) is 5.17 Å². The Morgan fingerprint density at radius 2 is 2.05 bits per heavy atom. The van der Waals surface area contributed by atoms with Gasteiger partial charge in [-0.2, -0.15) is 0 Å². The van der Waals surface area contributed by atoms with E-state index in [0.717, 1.165) is 17.1 Å². The molecule has 0 bridgehead atoms. The minimum atomic E-state index is -0.508. The monoisotopic (exact) mass is 304 g/mol. The van der Waals surface area contributed by atoms with Gasteiger partial charge < -0.3 is 5.32 Å². The number of hydrogen-bond acceptors (Lipinski definition) is 5. The van der Waals surface area contributed by atoms with E-state index in [1.807, 2.05) is 6.92 Å². The molecule has 0 aliphatic carbocycles. The summed E-state index contributed by atoms with van der Waals surface area (Å²) in [4.78, 5) is 25.1. The molecular formula is C14H13FN4OS. The second-order valence-corrected chi connectivity index (χ2v) is 5.79. The Hall–Kier alpha value is -2.02. The summed E-state index contributed by atoms with van der Waals surface area (Å²) in [7, 11) is 0. The summed E-state index contributed by atoms with van der Waals surface area (Å²) in [6.45, 7) is 4.29. The highest BCUT2D eigenvalue weighted by molar-refractivity contribution is 8.14. The molecule has 2 heterocycles. The highest BCUT2D eigenvalue weighted by Gasteiger charge is 2.18. The van der Waals surface area contributed by atoms with Crippen LogP contribution in [0, 0.1) is 19.7 Å². The number of amides is 1. The van der Waals surface area contributed by atoms with Gasteiger partial charge in [0.1, 0.15) is 11.3 Å². The van der Waals surface area contributed by atoms with Crippen LogP contribution in [0.15, 0.2) is 17.1 Å². The van der Waals surface area contributed by atoms with Crippen LogP contribution in [0.3, 0.4) is 0 Å². The van der Waals surface area contributed by atoms with Crippen molar-refractivity contribution >= 4 is 33.9 Å². The summed E-state index contributed by atoms with van der Waals surface area (Å²) in [5.74, 6) is -0.0751. The zero-order valence-electron chi connectivity index (χ0n) is 11.6. The van der Waals surface area contributed by atoms with Gasteiger partial charge >= 0.3 is 0 Å². The number of benzene rings is 1. The molecule has 108 valence electrons. The molecule has 1 aliphatic rings. The Kier molecular flexibility index (Phi) is 3.59. The number of aromatic nitrogens is 2. The van der Waals surface area contributed by atoms with E-state index in [-0.39, 0.29) is 5.56 Å². The van der Waals surface area contributed by atoms with Gasteiger partial charge in [0.05, 0.1) is 29.0 Å². The maximum Gasteiger partial charge on any atom is 0.259 e. The molecule has 0 saturated carbocycles. The van der Waals surface area contributed by atoms with Crippen LogP contribution in [0.2, 0.25) is 0 Å². The number of nitrogens with one attached hydrogen (secondary N) is 1. The molecule has 0 saturated heterocycles. The Labute approximate surface area is 125 Å². The second kappa shape index (κ2) is 5.40. The van der Waals surface area contributed by atoms with Crippen LogP contribution in [-0.4, -0.2) is 33.3 Å². The standard InChI is InChI=1S/C14H13FN4OS/c1-7-8(2)18-12-10(5-9(15)6-11(12)17-7)13(20)19-14-16-3-4-21-14/h5-6H,3-4H2,1-2H3,(H,16,19,20). The molecule has 3 rings (SSSR count). The van der Waals surface area contributed by atoms with Crippen molar-refractivity contribution in [3.05, 3.63) is 34.9 Å². The van der Waals surface area contributed by atoms with E-state index in [9.17, 15) is 9.18 Å². The molecule has 1 N–H and O–H groups in total. The number of hydrogen-bond donors (Lipinski definition) is 1. The molecule has 2 aromatic rings. The van der Waals surface area contributed by atoms with Crippen molar-refractivity contribution in [1.82, 2.24) is 15.3 Å². The van der Waals surface area contributed by atoms with Crippen molar-refractivity contribution in [3.63, 3.8) is 0 Å². The number of carbonyl (C=O) groups excluding carboxylic acids is 1. The first kappa shape index (κ1) is 13.9. The third-order valence-electron chi connectivity index (χ3n) is 3.20. The predicted octanol–water partition coefficient (Wildman–Crippen LogP) is 2.22. The van der Waals surface area contributed by atoms with Crippen LogP contribution in [-0.2, 0) is 0 Å². The summed E-state index contributed by atoms with van der Waals surface area (Å²) >= 11 is 1.47. The molecule has 0 unspecified atom stereocenters. The quantitative estimate of drug-likeness (QED) is 0.877. The summed E-state index contributed by atoms with van der Waals surface area (Å²) in [6, 6.07) is 2.47. The van der Waals surface area contributed by atoms with E-state index in [0.29, 0.717) is 22.7 Å². The van der Waals surface area contributed by atoms with Crippen molar-refractivity contribution in [2.24, 2.45) is 4.99 Å². The van der Waals surface area contributed by atoms with Crippen LogP contribution in [0.25, 0.3) is 11.0 Å². The van der Waals surface area contributed by atoms with E-state index in [2.05, 4.69) is 20.3 Å². The number of nitrogens with zero attached hydrogens (tertiary/aromatic N) is 3. The summed E-state index contributed by atoms with van der Waals surface area (Å²) in [5, 5.41) is 3.25. The van der Waals surface area contributed by atoms with Gasteiger partial charge in [-0.1, -0.05) is 11.8 Å². The summed E-state index contributed by atoms with van der Waals surface area (Å²) in [5.41, 5.74) is 2.39. The van der Waals surface area contributed by atoms with Crippen LogP contribution in [0.4, 0.5) is 4.39 Å². The molecule has 0 spiro atoms. The van der Waals surface area contributed by atoms with Crippen molar-refractivity contribution in [2.45, 2.75) is 13.8 Å². The maximum atomic E-state index is 13.7. The van der Waals surface area contributed by atoms with Crippen LogP contribution in [0.5, 0.6) is 0 Å². The topological polar surface area (TPSA) is 67.2 Å². The highest BCUT2D eigenvalue weighted by atomic mass is 32.2. The zero-order valence-corrected chi connectivity index (χ0v) is 12.4. The molecule has 5 nitrogen and oxygen atoms in total. The Balaban J connectivity index is 2.08. The Bertz CT molecular complexity index is 775. The van der Waals surface area contributed by atoms with Crippen molar-refractivity contribution < 1.29 is 9.18 Å². The molecule has 21 heavy (non-hydrogen) atoms. The predicted molar refractivity (Wildman–Crippen MR) is 81.2 cm³/mol. The minimum Gasteiger partial charge on any atom is -0.301 e. The molecule has 0 radical (unpaired) electrons. The SMILES string of the molecule is Cc1nc2cc(F)cc(C(=O)NC3=NCCS3)c2nc1C. The molecular weight excluding hydrogens is 291 g/mol.